The van der Waals surface area contributed by atoms with E-state index in [9.17, 15) is 10.1 Å². The molecule has 7 nitrogen and oxygen atoms in total. The van der Waals surface area contributed by atoms with Gasteiger partial charge in [0.1, 0.15) is 11.9 Å². The zero-order valence-electron chi connectivity index (χ0n) is 25.0. The predicted octanol–water partition coefficient (Wildman–Crippen LogP) is 5.73. The van der Waals surface area contributed by atoms with Crippen molar-refractivity contribution in [3.05, 3.63) is 53.6 Å². The molecule has 1 aliphatic carbocycles. The molecule has 3 atom stereocenters. The normalized spacial score (nSPS) is 21.6. The van der Waals surface area contributed by atoms with Crippen LogP contribution in [-0.4, -0.2) is 69.1 Å². The van der Waals surface area contributed by atoms with E-state index < -0.39 is 0 Å². The lowest BCUT2D eigenvalue weighted by Gasteiger charge is -2.42. The van der Waals surface area contributed by atoms with E-state index in [4.69, 9.17) is 14.2 Å². The van der Waals surface area contributed by atoms with E-state index in [0.29, 0.717) is 47.3 Å². The Morgan fingerprint density at radius 1 is 1.05 bits per heavy atom. The summed E-state index contributed by atoms with van der Waals surface area (Å²) in [4.78, 5) is 17.6. The highest BCUT2D eigenvalue weighted by Gasteiger charge is 2.44. The van der Waals surface area contributed by atoms with Crippen molar-refractivity contribution in [3.8, 4) is 23.3 Å². The number of piperidine rings is 1. The molecule has 40 heavy (non-hydrogen) atoms. The molecule has 0 spiro atoms. The molecule has 4 rings (SSSR count). The minimum absolute atomic E-state index is 0.144. The number of hydrogen-bond donors (Lipinski definition) is 0. The summed E-state index contributed by atoms with van der Waals surface area (Å²) in [5.74, 6) is 3.57. The topological polar surface area (TPSA) is 75.0 Å². The van der Waals surface area contributed by atoms with Crippen LogP contribution in [0.25, 0.3) is 0 Å². The molecular weight excluding hydrogens is 502 g/mol. The first kappa shape index (κ1) is 29.9. The third kappa shape index (κ3) is 7.16. The Balaban J connectivity index is 1.38. The molecule has 1 heterocycles. The maximum Gasteiger partial charge on any atom is 0.164 e. The smallest absolute Gasteiger partial charge is 0.164 e. The quantitative estimate of drug-likeness (QED) is 0.336. The van der Waals surface area contributed by atoms with Gasteiger partial charge in [0.25, 0.3) is 0 Å². The van der Waals surface area contributed by atoms with Crippen molar-refractivity contribution < 1.29 is 19.0 Å². The molecule has 216 valence electrons. The standard InChI is InChI=1S/C33H45N3O4/c1-33(2,3)31(37)22-35(4)32-25-13-14-26(32)21-36(20-25)17-7-8-28(24-11-9-23(19-34)10-12-24)40-27-15-16-29(38-5)30(18-27)39-6/h9-12,15-16,18,25-26,28,32H,7-8,13-14,17,20-22H2,1-6H3. The second-order valence-electron chi connectivity index (χ2n) is 12.4. The van der Waals surface area contributed by atoms with Gasteiger partial charge in [0.05, 0.1) is 32.4 Å². The Bertz CT molecular complexity index is 1170. The second kappa shape index (κ2) is 13.1. The van der Waals surface area contributed by atoms with Gasteiger partial charge in [0, 0.05) is 30.6 Å². The highest BCUT2D eigenvalue weighted by atomic mass is 16.5. The monoisotopic (exact) mass is 547 g/mol. The molecule has 2 bridgehead atoms. The molecule has 1 aliphatic heterocycles. The van der Waals surface area contributed by atoms with E-state index in [1.54, 1.807) is 14.2 Å². The molecule has 2 aromatic rings. The lowest BCUT2D eigenvalue weighted by molar-refractivity contribution is -0.128. The Kier molecular flexibility index (Phi) is 9.76. The van der Waals surface area contributed by atoms with Crippen molar-refractivity contribution in [2.24, 2.45) is 17.3 Å². The summed E-state index contributed by atoms with van der Waals surface area (Å²) < 4.78 is 17.4. The van der Waals surface area contributed by atoms with Crippen molar-refractivity contribution in [2.75, 3.05) is 47.4 Å². The van der Waals surface area contributed by atoms with Crippen molar-refractivity contribution in [2.45, 2.75) is 58.6 Å². The third-order valence-corrected chi connectivity index (χ3v) is 8.58. The SMILES string of the molecule is COc1ccc(OC(CCCN2CC3CCC(C2)C3N(C)CC(=O)C(C)(C)C)c2ccc(C#N)cc2)cc1OC. The largest absolute Gasteiger partial charge is 0.493 e. The van der Waals surface area contributed by atoms with Gasteiger partial charge in [0.2, 0.25) is 0 Å². The van der Waals surface area contributed by atoms with Gasteiger partial charge in [-0.05, 0) is 80.9 Å². The number of Topliss-reactive ketones (excluding diaryl/α,β-unsaturated/α-hetero) is 1. The van der Waals surface area contributed by atoms with Crippen LogP contribution in [0.5, 0.6) is 17.2 Å². The van der Waals surface area contributed by atoms with Crippen LogP contribution in [0.2, 0.25) is 0 Å². The number of methoxy groups -OCH3 is 2. The second-order valence-corrected chi connectivity index (χ2v) is 12.4. The summed E-state index contributed by atoms with van der Waals surface area (Å²) >= 11 is 0. The predicted molar refractivity (Wildman–Crippen MR) is 157 cm³/mol. The number of nitriles is 1. The van der Waals surface area contributed by atoms with E-state index in [0.717, 1.165) is 43.8 Å². The summed E-state index contributed by atoms with van der Waals surface area (Å²) in [5.41, 5.74) is 1.40. The summed E-state index contributed by atoms with van der Waals surface area (Å²) in [5, 5.41) is 9.24. The van der Waals surface area contributed by atoms with Crippen LogP contribution in [0.4, 0.5) is 0 Å². The van der Waals surface area contributed by atoms with Gasteiger partial charge < -0.3 is 19.1 Å². The van der Waals surface area contributed by atoms with Gasteiger partial charge in [-0.1, -0.05) is 32.9 Å². The van der Waals surface area contributed by atoms with Crippen LogP contribution in [0.15, 0.2) is 42.5 Å². The fourth-order valence-electron chi connectivity index (χ4n) is 6.38. The van der Waals surface area contributed by atoms with Crippen molar-refractivity contribution in [1.82, 2.24) is 9.80 Å². The number of likely N-dealkylation sites (tertiary alicyclic amines) is 1. The van der Waals surface area contributed by atoms with Crippen molar-refractivity contribution in [3.63, 3.8) is 0 Å². The number of rotatable bonds is 12. The Labute approximate surface area is 240 Å². The molecule has 0 N–H and O–H groups in total. The molecule has 1 saturated heterocycles. The Hall–Kier alpha value is -3.08. The van der Waals surface area contributed by atoms with Gasteiger partial charge in [-0.2, -0.15) is 5.26 Å². The minimum Gasteiger partial charge on any atom is -0.493 e. The van der Waals surface area contributed by atoms with Gasteiger partial charge in [-0.25, -0.2) is 0 Å². The van der Waals surface area contributed by atoms with Crippen LogP contribution >= 0.6 is 0 Å². The summed E-state index contributed by atoms with van der Waals surface area (Å²) in [6.07, 6.45) is 4.21. The zero-order valence-corrected chi connectivity index (χ0v) is 25.0. The summed E-state index contributed by atoms with van der Waals surface area (Å²) in [6, 6.07) is 16.0. The maximum absolute atomic E-state index is 12.7. The molecule has 0 amide bonds. The number of fused-ring (bicyclic) bond motifs is 2. The van der Waals surface area contributed by atoms with E-state index >= 15 is 0 Å². The minimum atomic E-state index is -0.293. The van der Waals surface area contributed by atoms with Gasteiger partial charge in [-0.15, -0.1) is 0 Å². The highest BCUT2D eigenvalue weighted by Crippen LogP contribution is 2.40. The molecule has 0 aromatic heterocycles. The van der Waals surface area contributed by atoms with Gasteiger partial charge in [-0.3, -0.25) is 9.69 Å². The first-order valence-electron chi connectivity index (χ1n) is 14.5. The molecule has 2 aromatic carbocycles. The number of carbonyl (C=O) groups excluding carboxylic acids is 1. The average Bonchev–Trinajstić information content (AvgIpc) is 3.21. The molecule has 1 saturated carbocycles. The lowest BCUT2D eigenvalue weighted by atomic mass is 9.87. The highest BCUT2D eigenvalue weighted by molar-refractivity contribution is 5.85. The van der Waals surface area contributed by atoms with Crippen LogP contribution in [0.3, 0.4) is 0 Å². The fraction of sp³-hybridized carbons (Fsp3) is 0.576. The number of hydrogen-bond acceptors (Lipinski definition) is 7. The molecule has 7 heteroatoms. The van der Waals surface area contributed by atoms with Crippen LogP contribution in [0.1, 0.15) is 63.7 Å². The molecule has 2 fully saturated rings. The maximum atomic E-state index is 12.7. The average molecular weight is 548 g/mol. The molecule has 3 unspecified atom stereocenters. The van der Waals surface area contributed by atoms with Gasteiger partial charge >= 0.3 is 0 Å². The number of carbonyl (C=O) groups is 1. The number of likely N-dealkylation sites (N-methyl/N-ethyl adjacent to an activating group) is 1. The first-order valence-corrected chi connectivity index (χ1v) is 14.5. The van der Waals surface area contributed by atoms with Crippen molar-refractivity contribution >= 4 is 5.78 Å². The Morgan fingerprint density at radius 2 is 1.70 bits per heavy atom. The van der Waals surface area contributed by atoms with E-state index in [-0.39, 0.29) is 11.5 Å². The molecule has 0 radical (unpaired) electrons. The number of nitrogens with zero attached hydrogens (tertiary/aromatic N) is 3. The van der Waals surface area contributed by atoms with E-state index in [1.807, 2.05) is 63.2 Å². The van der Waals surface area contributed by atoms with Crippen molar-refractivity contribution in [1.29, 1.82) is 5.26 Å². The summed E-state index contributed by atoms with van der Waals surface area (Å²) in [6.45, 7) is 9.79. The summed E-state index contributed by atoms with van der Waals surface area (Å²) in [7, 11) is 5.38. The molecule has 2 aliphatic rings. The lowest BCUT2D eigenvalue weighted by Crippen LogP contribution is -2.53. The third-order valence-electron chi connectivity index (χ3n) is 8.58. The number of ketones is 1. The van der Waals surface area contributed by atoms with Crippen LogP contribution in [-0.2, 0) is 4.79 Å². The van der Waals surface area contributed by atoms with E-state index in [2.05, 4.69) is 22.9 Å². The zero-order chi connectivity index (χ0) is 28.9. The van der Waals surface area contributed by atoms with Gasteiger partial charge in [0.15, 0.2) is 17.3 Å². The van der Waals surface area contributed by atoms with Crippen LogP contribution < -0.4 is 14.2 Å². The fourth-order valence-corrected chi connectivity index (χ4v) is 6.38. The van der Waals surface area contributed by atoms with Crippen LogP contribution in [0, 0.1) is 28.6 Å². The first-order chi connectivity index (χ1) is 19.1. The number of ether oxygens (including phenoxy) is 3. The molecular formula is C33H45N3O4. The van der Waals surface area contributed by atoms with E-state index in [1.165, 1.54) is 12.8 Å². The number of benzene rings is 2. The Morgan fingerprint density at radius 3 is 2.27 bits per heavy atom.